The zero-order valence-electron chi connectivity index (χ0n) is 17.4. The van der Waals surface area contributed by atoms with Crippen molar-refractivity contribution in [3.63, 3.8) is 0 Å². The van der Waals surface area contributed by atoms with Crippen LogP contribution in [0.2, 0.25) is 0 Å². The van der Waals surface area contributed by atoms with E-state index in [1.165, 1.54) is 19.1 Å². The van der Waals surface area contributed by atoms with Crippen LogP contribution in [0.1, 0.15) is 27.0 Å². The zero-order valence-corrected chi connectivity index (χ0v) is 19.1. The summed E-state index contributed by atoms with van der Waals surface area (Å²) < 4.78 is 47.7. The van der Waals surface area contributed by atoms with E-state index in [2.05, 4.69) is 10.1 Å². The minimum absolute atomic E-state index is 0.0656. The first-order chi connectivity index (χ1) is 15.1. The summed E-state index contributed by atoms with van der Waals surface area (Å²) in [5.41, 5.74) is 0. The van der Waals surface area contributed by atoms with Crippen molar-refractivity contribution in [2.24, 2.45) is 0 Å². The molecule has 3 rings (SSSR count). The van der Waals surface area contributed by atoms with E-state index in [1.807, 2.05) is 0 Å². The van der Waals surface area contributed by atoms with Gasteiger partial charge in [-0.2, -0.15) is 0 Å². The second-order valence-corrected chi connectivity index (χ2v) is 10.7. The molecule has 1 aliphatic rings. The maximum atomic E-state index is 12.9. The average molecular weight is 514 g/mol. The fourth-order valence-corrected chi connectivity index (χ4v) is 5.45. The van der Waals surface area contributed by atoms with Crippen LogP contribution in [0.5, 0.6) is 0 Å². The second-order valence-electron chi connectivity index (χ2n) is 6.84. The van der Waals surface area contributed by atoms with Gasteiger partial charge in [0.15, 0.2) is 0 Å². The zero-order chi connectivity index (χ0) is 23.5. The number of benzene rings is 1. The van der Waals surface area contributed by atoms with E-state index in [1.54, 1.807) is 18.2 Å². The Labute approximate surface area is 184 Å². The predicted molar refractivity (Wildman–Crippen MR) is 105 cm³/mol. The van der Waals surface area contributed by atoms with E-state index < -0.39 is 59.9 Å². The maximum absolute atomic E-state index is 12.9. The molecule has 1 fully saturated rings. The molecule has 0 radical (unpaired) electrons. The summed E-state index contributed by atoms with van der Waals surface area (Å²) >= 11 is -4.90. The van der Waals surface area contributed by atoms with Crippen molar-refractivity contribution in [3.05, 3.63) is 36.7 Å². The molecule has 4 atom stereocenters. The summed E-state index contributed by atoms with van der Waals surface area (Å²) in [6.45, 7) is 3.20. The summed E-state index contributed by atoms with van der Waals surface area (Å²) in [4.78, 5) is 38.4. The van der Waals surface area contributed by atoms with Gasteiger partial charge in [0.25, 0.3) is 0 Å². The number of ether oxygens (including phenoxy) is 4. The van der Waals surface area contributed by atoms with Gasteiger partial charge in [0.05, 0.1) is 0 Å². The van der Waals surface area contributed by atoms with Crippen molar-refractivity contribution in [1.82, 2.24) is 14.8 Å². The van der Waals surface area contributed by atoms with E-state index in [0.29, 0.717) is 0 Å². The van der Waals surface area contributed by atoms with Crippen LogP contribution >= 0.6 is 0 Å². The van der Waals surface area contributed by atoms with Gasteiger partial charge in [-0.1, -0.05) is 0 Å². The summed E-state index contributed by atoms with van der Waals surface area (Å²) in [6.07, 6.45) is -3.40. The van der Waals surface area contributed by atoms with Crippen LogP contribution in [0.3, 0.4) is 0 Å². The molecular weight excluding hydrogens is 493 g/mol. The van der Waals surface area contributed by atoms with Crippen LogP contribution in [0.4, 0.5) is 0 Å². The van der Waals surface area contributed by atoms with Gasteiger partial charge in [-0.05, 0) is 0 Å². The number of rotatable bonds is 7. The van der Waals surface area contributed by atoms with Crippen LogP contribution in [0.15, 0.2) is 36.7 Å². The van der Waals surface area contributed by atoms with Crippen molar-refractivity contribution < 1.29 is 41.0 Å². The number of hydrogen-bond donors (Lipinski definition) is 0. The molecule has 13 heteroatoms. The predicted octanol–water partition coefficient (Wildman–Crippen LogP) is -0.981. The molecule has 172 valence electrons. The van der Waals surface area contributed by atoms with Crippen LogP contribution in [0, 0.1) is 0 Å². The first-order valence-corrected chi connectivity index (χ1v) is 12.6. The third-order valence-electron chi connectivity index (χ3n) is 4.38. The Balaban J connectivity index is 1.94. The van der Waals surface area contributed by atoms with Crippen molar-refractivity contribution in [1.29, 1.82) is 0 Å². The molecule has 12 nitrogen and oxygen atoms in total. The minimum atomic E-state index is -4.90. The molecule has 1 aromatic heterocycles. The number of nitrogens with zero attached hydrogens (tertiary/aromatic N) is 3. The Morgan fingerprint density at radius 1 is 1.00 bits per heavy atom. The third kappa shape index (κ3) is 5.18. The number of aromatic nitrogens is 3. The summed E-state index contributed by atoms with van der Waals surface area (Å²) in [5, 5.41) is 4.03. The third-order valence-corrected chi connectivity index (χ3v) is 7.66. The van der Waals surface area contributed by atoms with Gasteiger partial charge in [-0.3, -0.25) is 0 Å². The van der Waals surface area contributed by atoms with Gasteiger partial charge in [0.1, 0.15) is 0 Å². The summed E-state index contributed by atoms with van der Waals surface area (Å²) in [7, 11) is 0. The SMILES string of the molecule is CC(=O)OC[C@H]1O[C@@H](n2cnc([Se](=O)(=O)c3ccccc3)n2)[C@H](OC(C)=O)[C@@H]1OC(C)=O. The van der Waals surface area contributed by atoms with Crippen molar-refractivity contribution in [2.75, 3.05) is 6.61 Å². The number of hydrogen-bond acceptors (Lipinski definition) is 11. The van der Waals surface area contributed by atoms with Gasteiger partial charge in [0.2, 0.25) is 0 Å². The van der Waals surface area contributed by atoms with Gasteiger partial charge < -0.3 is 0 Å². The molecule has 0 aliphatic carbocycles. The van der Waals surface area contributed by atoms with Gasteiger partial charge in [-0.15, -0.1) is 0 Å². The molecule has 0 unspecified atom stereocenters. The van der Waals surface area contributed by atoms with E-state index in [0.717, 1.165) is 24.9 Å². The molecule has 1 saturated heterocycles. The monoisotopic (exact) mass is 515 g/mol. The molecule has 2 aromatic rings. The second kappa shape index (κ2) is 9.55. The van der Waals surface area contributed by atoms with Crippen molar-refractivity contribution in [3.8, 4) is 0 Å². The number of esters is 3. The average Bonchev–Trinajstić information content (AvgIpc) is 3.33. The van der Waals surface area contributed by atoms with Crippen LogP contribution in [-0.4, -0.2) is 70.3 Å². The molecule has 0 spiro atoms. The standard InChI is InChI=1S/C19H21N3O9Se/c1-11(23)28-9-15-16(29-12(2)24)17(30-13(3)25)18(31-15)22-10-20-19(21-22)32(26,27)14-7-5-4-6-8-14/h4-8,10,15-18H,9H2,1-3H3/t15-,16-,17-,18-/m1/s1. The molecule has 0 amide bonds. The van der Waals surface area contributed by atoms with E-state index >= 15 is 0 Å². The molecule has 32 heavy (non-hydrogen) atoms. The van der Waals surface area contributed by atoms with Crippen molar-refractivity contribution >= 4 is 39.8 Å². The fourth-order valence-electron chi connectivity index (χ4n) is 3.12. The normalized spacial score (nSPS) is 22.8. The van der Waals surface area contributed by atoms with Gasteiger partial charge >= 0.3 is 184 Å². The quantitative estimate of drug-likeness (QED) is 0.255. The summed E-state index contributed by atoms with van der Waals surface area (Å²) in [6, 6.07) is 7.70. The molecule has 0 bridgehead atoms. The van der Waals surface area contributed by atoms with E-state index in [4.69, 9.17) is 18.9 Å². The number of carbonyl (C=O) groups excluding carboxylic acids is 3. The van der Waals surface area contributed by atoms with E-state index in [9.17, 15) is 22.1 Å². The molecule has 0 N–H and O–H groups in total. The first-order valence-electron chi connectivity index (χ1n) is 9.44. The Hall–Kier alpha value is -3.15. The topological polar surface area (TPSA) is 153 Å². The molecule has 2 heterocycles. The van der Waals surface area contributed by atoms with Gasteiger partial charge in [0, 0.05) is 0 Å². The van der Waals surface area contributed by atoms with Crippen LogP contribution in [0.25, 0.3) is 0 Å². The first kappa shape index (κ1) is 23.5. The van der Waals surface area contributed by atoms with Gasteiger partial charge in [-0.25, -0.2) is 0 Å². The Kier molecular flexibility index (Phi) is 7.02. The Morgan fingerprint density at radius 2 is 1.62 bits per heavy atom. The molecular formula is C19H21N3O9Se. The van der Waals surface area contributed by atoms with E-state index in [-0.39, 0.29) is 11.1 Å². The van der Waals surface area contributed by atoms with Crippen LogP contribution in [-0.2, 0) is 41.0 Å². The van der Waals surface area contributed by atoms with Crippen LogP contribution < -0.4 is 9.18 Å². The Morgan fingerprint density at radius 3 is 2.22 bits per heavy atom. The Bertz CT molecular complexity index is 1100. The number of carbonyl (C=O) groups is 3. The fraction of sp³-hybridized carbons (Fsp3) is 0.421. The van der Waals surface area contributed by atoms with Crippen molar-refractivity contribution in [2.45, 2.75) is 45.3 Å². The molecule has 0 saturated carbocycles. The summed E-state index contributed by atoms with van der Waals surface area (Å²) in [5.74, 6) is -1.97. The molecule has 1 aromatic carbocycles. The molecule has 1 aliphatic heterocycles.